The fourth-order valence-corrected chi connectivity index (χ4v) is 2.11. The monoisotopic (exact) mass is 240 g/mol. The molecule has 1 saturated heterocycles. The van der Waals surface area contributed by atoms with Crippen molar-refractivity contribution in [2.45, 2.75) is 12.2 Å². The average molecular weight is 240 g/mol. The normalized spacial score (nSPS) is 18.8. The van der Waals surface area contributed by atoms with Crippen LogP contribution in [0.5, 0.6) is 0 Å². The first-order valence-corrected chi connectivity index (χ1v) is 6.51. The van der Waals surface area contributed by atoms with Crippen molar-refractivity contribution in [2.75, 3.05) is 26.1 Å². The van der Waals surface area contributed by atoms with E-state index in [1.54, 1.807) is 0 Å². The summed E-state index contributed by atoms with van der Waals surface area (Å²) in [6.07, 6.45) is 2.63. The maximum absolute atomic E-state index is 5.76. The summed E-state index contributed by atoms with van der Waals surface area (Å²) in [5, 5.41) is 0. The fourth-order valence-electron chi connectivity index (χ4n) is 1.86. The van der Waals surface area contributed by atoms with E-state index in [-0.39, 0.29) is 0 Å². The average Bonchev–Trinajstić information content (AvgIpc) is 2.81. The van der Waals surface area contributed by atoms with Crippen LogP contribution in [0.4, 0.5) is 0 Å². The van der Waals surface area contributed by atoms with E-state index in [9.17, 15) is 0 Å². The molecule has 16 heavy (non-hydrogen) atoms. The van der Waals surface area contributed by atoms with Gasteiger partial charge in [-0.1, -0.05) is 30.3 Å². The molecule has 1 aromatic rings. The summed E-state index contributed by atoms with van der Waals surface area (Å²) in [5.41, 5.74) is 1.07. The van der Waals surface area contributed by atoms with Crippen LogP contribution < -0.4 is 0 Å². The van der Waals surface area contributed by atoms with Gasteiger partial charge in [0.15, 0.2) is 5.79 Å². The molecule has 1 aromatic carbocycles. The first-order valence-electron chi connectivity index (χ1n) is 5.36. The van der Waals surface area contributed by atoms with Crippen molar-refractivity contribution in [3.63, 3.8) is 0 Å². The molecule has 0 aromatic heterocycles. The van der Waals surface area contributed by atoms with Crippen LogP contribution in [0.3, 0.4) is 0 Å². The van der Waals surface area contributed by atoms with Gasteiger partial charge in [0.2, 0.25) is 0 Å². The minimum absolute atomic E-state index is 0.600. The zero-order valence-electron chi connectivity index (χ0n) is 9.35. The van der Waals surface area contributed by atoms with Gasteiger partial charge in [0.1, 0.15) is 0 Å². The zero-order valence-corrected chi connectivity index (χ0v) is 10.2. The first kappa shape index (κ1) is 11.9. The third-order valence-electron chi connectivity index (χ3n) is 2.60. The smallest absolute Gasteiger partial charge is 0.197 e. The number of ether oxygens (including phenoxy) is 2. The van der Waals surface area contributed by atoms with Gasteiger partial charge in [-0.15, -0.1) is 0 Å². The molecule has 1 heterocycles. The van der Waals surface area contributed by atoms with E-state index in [1.165, 1.54) is 12.0 Å². The lowest BCUT2D eigenvalue weighted by atomic mass is 10.0. The lowest BCUT2D eigenvalue weighted by Crippen LogP contribution is -2.28. The molecule has 88 valence electrons. The SMILES string of the molecule is CSOCCC1(c2ccccc2)OCCO1. The highest BCUT2D eigenvalue weighted by molar-refractivity contribution is 7.93. The maximum Gasteiger partial charge on any atom is 0.197 e. The van der Waals surface area contributed by atoms with E-state index in [0.29, 0.717) is 19.8 Å². The predicted molar refractivity (Wildman–Crippen MR) is 64.1 cm³/mol. The van der Waals surface area contributed by atoms with E-state index in [2.05, 4.69) is 0 Å². The number of hydrogen-bond acceptors (Lipinski definition) is 4. The molecule has 1 aliphatic rings. The second-order valence-electron chi connectivity index (χ2n) is 3.55. The molecule has 0 aliphatic carbocycles. The minimum Gasteiger partial charge on any atom is -0.343 e. The van der Waals surface area contributed by atoms with Crippen molar-refractivity contribution in [3.8, 4) is 0 Å². The molecule has 0 spiro atoms. The van der Waals surface area contributed by atoms with Crippen molar-refractivity contribution in [3.05, 3.63) is 35.9 Å². The molecule has 0 amide bonds. The Balaban J connectivity index is 2.09. The summed E-state index contributed by atoms with van der Waals surface area (Å²) >= 11 is 1.37. The summed E-state index contributed by atoms with van der Waals surface area (Å²) in [4.78, 5) is 0. The molecule has 4 heteroatoms. The third kappa shape index (κ3) is 2.58. The molecule has 1 aliphatic heterocycles. The Labute approximate surface area is 100 Å². The van der Waals surface area contributed by atoms with Crippen molar-refractivity contribution in [2.24, 2.45) is 0 Å². The van der Waals surface area contributed by atoms with Crippen LogP contribution in [-0.4, -0.2) is 26.1 Å². The summed E-state index contributed by atoms with van der Waals surface area (Å²) in [5.74, 6) is -0.600. The van der Waals surface area contributed by atoms with Crippen molar-refractivity contribution in [1.29, 1.82) is 0 Å². The highest BCUT2D eigenvalue weighted by atomic mass is 32.2. The second-order valence-corrected chi connectivity index (χ2v) is 4.12. The Kier molecular flexibility index (Phi) is 4.23. The van der Waals surface area contributed by atoms with Gasteiger partial charge in [0.05, 0.1) is 19.8 Å². The standard InChI is InChI=1S/C12H16O3S/c1-16-15-8-7-12(13-9-10-14-12)11-5-3-2-4-6-11/h2-6H,7-10H2,1H3. The Hall–Kier alpha value is -0.550. The molecular formula is C12H16O3S. The summed E-state index contributed by atoms with van der Waals surface area (Å²) in [7, 11) is 0. The lowest BCUT2D eigenvalue weighted by Gasteiger charge is -2.27. The maximum atomic E-state index is 5.76. The van der Waals surface area contributed by atoms with E-state index in [1.807, 2.05) is 36.6 Å². The van der Waals surface area contributed by atoms with Crippen molar-refractivity contribution < 1.29 is 13.7 Å². The van der Waals surface area contributed by atoms with Crippen LogP contribution in [0.2, 0.25) is 0 Å². The molecule has 0 unspecified atom stereocenters. The van der Waals surface area contributed by atoms with Crippen LogP contribution in [0, 0.1) is 0 Å². The van der Waals surface area contributed by atoms with Gasteiger partial charge in [-0.25, -0.2) is 0 Å². The highest BCUT2D eigenvalue weighted by Gasteiger charge is 2.38. The third-order valence-corrected chi connectivity index (χ3v) is 3.00. The largest absolute Gasteiger partial charge is 0.343 e. The van der Waals surface area contributed by atoms with Gasteiger partial charge in [-0.05, 0) is 12.0 Å². The van der Waals surface area contributed by atoms with Crippen LogP contribution in [0.25, 0.3) is 0 Å². The second kappa shape index (κ2) is 5.68. The Bertz CT molecular complexity index is 309. The van der Waals surface area contributed by atoms with Crippen LogP contribution in [0.15, 0.2) is 30.3 Å². The van der Waals surface area contributed by atoms with E-state index < -0.39 is 5.79 Å². The molecule has 0 N–H and O–H groups in total. The molecule has 3 nitrogen and oxygen atoms in total. The first-order chi connectivity index (χ1) is 7.87. The molecule has 0 saturated carbocycles. The van der Waals surface area contributed by atoms with Gasteiger partial charge in [0.25, 0.3) is 0 Å². The van der Waals surface area contributed by atoms with Gasteiger partial charge < -0.3 is 13.7 Å². The molecule has 1 fully saturated rings. The fraction of sp³-hybridized carbons (Fsp3) is 0.500. The number of hydrogen-bond donors (Lipinski definition) is 0. The van der Waals surface area contributed by atoms with Gasteiger partial charge in [0, 0.05) is 18.2 Å². The van der Waals surface area contributed by atoms with Gasteiger partial charge in [-0.3, -0.25) is 0 Å². The highest BCUT2D eigenvalue weighted by Crippen LogP contribution is 2.34. The Morgan fingerprint density at radius 2 is 1.94 bits per heavy atom. The summed E-state index contributed by atoms with van der Waals surface area (Å²) in [6, 6.07) is 10.1. The Morgan fingerprint density at radius 3 is 2.56 bits per heavy atom. The summed E-state index contributed by atoms with van der Waals surface area (Å²) in [6.45, 7) is 1.92. The van der Waals surface area contributed by atoms with Crippen LogP contribution >= 0.6 is 12.0 Å². The predicted octanol–water partition coefficient (Wildman–Crippen LogP) is 2.57. The van der Waals surface area contributed by atoms with E-state index >= 15 is 0 Å². The van der Waals surface area contributed by atoms with E-state index in [0.717, 1.165) is 12.0 Å². The lowest BCUT2D eigenvalue weighted by molar-refractivity contribution is -0.174. The Morgan fingerprint density at radius 1 is 1.25 bits per heavy atom. The van der Waals surface area contributed by atoms with Crippen LogP contribution in [-0.2, 0) is 19.4 Å². The number of rotatable bonds is 5. The molecule has 2 rings (SSSR count). The van der Waals surface area contributed by atoms with E-state index in [4.69, 9.17) is 13.7 Å². The van der Waals surface area contributed by atoms with Crippen LogP contribution in [0.1, 0.15) is 12.0 Å². The minimum atomic E-state index is -0.600. The van der Waals surface area contributed by atoms with Gasteiger partial charge in [-0.2, -0.15) is 0 Å². The number of benzene rings is 1. The molecule has 0 atom stereocenters. The summed E-state index contributed by atoms with van der Waals surface area (Å²) < 4.78 is 16.8. The molecular weight excluding hydrogens is 224 g/mol. The quantitative estimate of drug-likeness (QED) is 0.584. The molecule has 0 radical (unpaired) electrons. The molecule has 0 bridgehead atoms. The van der Waals surface area contributed by atoms with Crippen molar-refractivity contribution in [1.82, 2.24) is 0 Å². The van der Waals surface area contributed by atoms with Crippen molar-refractivity contribution >= 4 is 12.0 Å². The van der Waals surface area contributed by atoms with Gasteiger partial charge >= 0.3 is 0 Å². The zero-order chi connectivity index (χ0) is 11.3. The topological polar surface area (TPSA) is 27.7 Å².